The van der Waals surface area contributed by atoms with E-state index in [4.69, 9.17) is 5.11 Å². The third-order valence-electron chi connectivity index (χ3n) is 2.65. The van der Waals surface area contributed by atoms with Gasteiger partial charge in [-0.1, -0.05) is 37.3 Å². The Morgan fingerprint density at radius 2 is 2.17 bits per heavy atom. The summed E-state index contributed by atoms with van der Waals surface area (Å²) in [5.74, 6) is -0.640. The van der Waals surface area contributed by atoms with E-state index in [1.807, 2.05) is 18.2 Å². The van der Waals surface area contributed by atoms with Crippen molar-refractivity contribution in [2.24, 2.45) is 0 Å². The Labute approximate surface area is 109 Å². The highest BCUT2D eigenvalue weighted by Crippen LogP contribution is 2.19. The molecule has 0 saturated carbocycles. The number of anilines is 1. The Balaban J connectivity index is 1.93. The molecule has 4 nitrogen and oxygen atoms in total. The van der Waals surface area contributed by atoms with Gasteiger partial charge < -0.3 is 10.4 Å². The third-order valence-corrected chi connectivity index (χ3v) is 3.45. The van der Waals surface area contributed by atoms with Crippen LogP contribution in [0.2, 0.25) is 0 Å². The minimum atomic E-state index is -0.990. The lowest BCUT2D eigenvalue weighted by Crippen LogP contribution is -2.09. The van der Waals surface area contributed by atoms with E-state index >= 15 is 0 Å². The number of aromatic nitrogens is 1. The van der Waals surface area contributed by atoms with Crippen molar-refractivity contribution in [3.63, 3.8) is 0 Å². The molecular weight excluding hydrogens is 248 g/mol. The maximum Gasteiger partial charge on any atom is 0.355 e. The van der Waals surface area contributed by atoms with E-state index in [9.17, 15) is 4.79 Å². The van der Waals surface area contributed by atoms with Gasteiger partial charge in [-0.15, -0.1) is 11.3 Å². The van der Waals surface area contributed by atoms with Crippen LogP contribution in [0.4, 0.5) is 5.13 Å². The number of thiazole rings is 1. The molecule has 0 aliphatic heterocycles. The van der Waals surface area contributed by atoms with Gasteiger partial charge in [0.1, 0.15) is 0 Å². The summed E-state index contributed by atoms with van der Waals surface area (Å²) in [7, 11) is 0. The number of benzene rings is 1. The standard InChI is InChI=1S/C13H14N2O2S/c1-9(10-5-3-2-4-6-10)7-14-13-15-11(8-18-13)12(16)17/h2-6,8-9H,7H2,1H3,(H,14,15)(H,16,17). The van der Waals surface area contributed by atoms with Crippen LogP contribution in [0.25, 0.3) is 0 Å². The Morgan fingerprint density at radius 3 is 2.78 bits per heavy atom. The Hall–Kier alpha value is -1.88. The van der Waals surface area contributed by atoms with E-state index in [0.29, 0.717) is 11.0 Å². The van der Waals surface area contributed by atoms with Crippen molar-refractivity contribution in [1.29, 1.82) is 0 Å². The quantitative estimate of drug-likeness (QED) is 0.869. The molecule has 2 N–H and O–H groups in total. The highest BCUT2D eigenvalue weighted by atomic mass is 32.1. The SMILES string of the molecule is CC(CNc1nc(C(=O)O)cs1)c1ccccc1. The molecule has 1 aromatic carbocycles. The molecule has 2 rings (SSSR count). The van der Waals surface area contributed by atoms with Crippen molar-refractivity contribution in [2.45, 2.75) is 12.8 Å². The van der Waals surface area contributed by atoms with Crippen LogP contribution in [0.5, 0.6) is 0 Å². The monoisotopic (exact) mass is 262 g/mol. The van der Waals surface area contributed by atoms with Gasteiger partial charge in [0.2, 0.25) is 0 Å². The van der Waals surface area contributed by atoms with E-state index in [1.165, 1.54) is 22.3 Å². The molecule has 5 heteroatoms. The second-order valence-corrected chi connectivity index (χ2v) is 4.89. The van der Waals surface area contributed by atoms with Gasteiger partial charge in [0, 0.05) is 11.9 Å². The maximum atomic E-state index is 10.7. The first kappa shape index (κ1) is 12.6. The van der Waals surface area contributed by atoms with Crippen molar-refractivity contribution in [3.05, 3.63) is 47.0 Å². The topological polar surface area (TPSA) is 62.2 Å². The zero-order valence-electron chi connectivity index (χ0n) is 9.96. The minimum Gasteiger partial charge on any atom is -0.476 e. The Kier molecular flexibility index (Phi) is 3.94. The van der Waals surface area contributed by atoms with Crippen LogP contribution < -0.4 is 5.32 Å². The van der Waals surface area contributed by atoms with Crippen molar-refractivity contribution >= 4 is 22.4 Å². The number of hydrogen-bond donors (Lipinski definition) is 2. The summed E-state index contributed by atoms with van der Waals surface area (Å²) in [5, 5.41) is 14.1. The predicted molar refractivity (Wildman–Crippen MR) is 72.4 cm³/mol. The molecule has 1 aromatic heterocycles. The molecule has 0 aliphatic rings. The average molecular weight is 262 g/mol. The molecule has 94 valence electrons. The number of carboxylic acid groups (broad SMARTS) is 1. The Morgan fingerprint density at radius 1 is 1.44 bits per heavy atom. The van der Waals surface area contributed by atoms with Crippen molar-refractivity contribution in [3.8, 4) is 0 Å². The summed E-state index contributed by atoms with van der Waals surface area (Å²) < 4.78 is 0. The molecule has 0 fully saturated rings. The number of nitrogens with one attached hydrogen (secondary N) is 1. The lowest BCUT2D eigenvalue weighted by Gasteiger charge is -2.11. The number of carboxylic acids is 1. The average Bonchev–Trinajstić information content (AvgIpc) is 2.86. The Bertz CT molecular complexity index is 525. The van der Waals surface area contributed by atoms with E-state index in [-0.39, 0.29) is 5.69 Å². The number of rotatable bonds is 5. The lowest BCUT2D eigenvalue weighted by atomic mass is 10.0. The molecule has 2 aromatic rings. The molecule has 18 heavy (non-hydrogen) atoms. The van der Waals surface area contributed by atoms with Gasteiger partial charge in [-0.3, -0.25) is 0 Å². The van der Waals surface area contributed by atoms with Gasteiger partial charge in [0.15, 0.2) is 10.8 Å². The van der Waals surface area contributed by atoms with Crippen LogP contribution in [0, 0.1) is 0 Å². The molecule has 0 saturated heterocycles. The van der Waals surface area contributed by atoms with Crippen LogP contribution >= 0.6 is 11.3 Å². The molecule has 1 unspecified atom stereocenters. The zero-order chi connectivity index (χ0) is 13.0. The highest BCUT2D eigenvalue weighted by Gasteiger charge is 2.09. The molecule has 0 aliphatic carbocycles. The summed E-state index contributed by atoms with van der Waals surface area (Å²) in [6.45, 7) is 2.85. The number of aromatic carboxylic acids is 1. The molecule has 0 amide bonds. The summed E-state index contributed by atoms with van der Waals surface area (Å²) in [5.41, 5.74) is 1.34. The molecular formula is C13H14N2O2S. The largest absolute Gasteiger partial charge is 0.476 e. The number of nitrogens with zero attached hydrogens (tertiary/aromatic N) is 1. The van der Waals surface area contributed by atoms with E-state index in [1.54, 1.807) is 0 Å². The van der Waals surface area contributed by atoms with Gasteiger partial charge in [-0.25, -0.2) is 9.78 Å². The molecule has 0 spiro atoms. The van der Waals surface area contributed by atoms with Gasteiger partial charge in [-0.2, -0.15) is 0 Å². The van der Waals surface area contributed by atoms with Crippen molar-refractivity contribution in [1.82, 2.24) is 4.98 Å². The van der Waals surface area contributed by atoms with Gasteiger partial charge in [-0.05, 0) is 11.5 Å². The first-order valence-electron chi connectivity index (χ1n) is 5.64. The summed E-state index contributed by atoms with van der Waals surface area (Å²) in [6, 6.07) is 10.2. The fraction of sp³-hybridized carbons (Fsp3) is 0.231. The van der Waals surface area contributed by atoms with Gasteiger partial charge in [0.25, 0.3) is 0 Å². The van der Waals surface area contributed by atoms with Crippen LogP contribution in [-0.2, 0) is 0 Å². The van der Waals surface area contributed by atoms with Crippen LogP contribution in [-0.4, -0.2) is 22.6 Å². The zero-order valence-corrected chi connectivity index (χ0v) is 10.8. The van der Waals surface area contributed by atoms with Crippen LogP contribution in [0.1, 0.15) is 28.9 Å². The summed E-state index contributed by atoms with van der Waals surface area (Å²) >= 11 is 1.31. The molecule has 1 atom stereocenters. The lowest BCUT2D eigenvalue weighted by molar-refractivity contribution is 0.0691. The van der Waals surface area contributed by atoms with Gasteiger partial charge >= 0.3 is 5.97 Å². The molecule has 0 radical (unpaired) electrons. The van der Waals surface area contributed by atoms with Crippen molar-refractivity contribution < 1.29 is 9.90 Å². The van der Waals surface area contributed by atoms with E-state index in [2.05, 4.69) is 29.4 Å². The fourth-order valence-electron chi connectivity index (χ4n) is 1.59. The summed E-state index contributed by atoms with van der Waals surface area (Å²) in [4.78, 5) is 14.7. The van der Waals surface area contributed by atoms with Crippen LogP contribution in [0.3, 0.4) is 0 Å². The molecule has 0 bridgehead atoms. The maximum absolute atomic E-state index is 10.7. The van der Waals surface area contributed by atoms with E-state index in [0.717, 1.165) is 6.54 Å². The van der Waals surface area contributed by atoms with Gasteiger partial charge in [0.05, 0.1) is 0 Å². The van der Waals surface area contributed by atoms with Crippen molar-refractivity contribution in [2.75, 3.05) is 11.9 Å². The first-order valence-corrected chi connectivity index (χ1v) is 6.52. The first-order chi connectivity index (χ1) is 8.66. The van der Waals surface area contributed by atoms with Crippen LogP contribution in [0.15, 0.2) is 35.7 Å². The number of hydrogen-bond acceptors (Lipinski definition) is 4. The third kappa shape index (κ3) is 3.07. The van der Waals surface area contributed by atoms with E-state index < -0.39 is 5.97 Å². The fourth-order valence-corrected chi connectivity index (χ4v) is 2.29. The summed E-state index contributed by atoms with van der Waals surface area (Å²) in [6.07, 6.45) is 0. The smallest absolute Gasteiger partial charge is 0.355 e. The molecule has 1 heterocycles. The predicted octanol–water partition coefficient (Wildman–Crippen LogP) is 3.06. The second kappa shape index (κ2) is 5.64. The normalized spacial score (nSPS) is 12.1. The highest BCUT2D eigenvalue weighted by molar-refractivity contribution is 7.13. The number of carbonyl (C=O) groups is 1. The second-order valence-electron chi connectivity index (χ2n) is 4.04. The minimum absolute atomic E-state index is 0.0925.